The molecule has 3 rings (SSSR count). The molecule has 2 heterocycles. The number of anilines is 1. The van der Waals surface area contributed by atoms with E-state index in [4.69, 9.17) is 0 Å². The van der Waals surface area contributed by atoms with E-state index in [0.717, 1.165) is 39.1 Å². The maximum Gasteiger partial charge on any atom is 0.254 e. The van der Waals surface area contributed by atoms with Crippen LogP contribution in [-0.4, -0.2) is 63.9 Å². The van der Waals surface area contributed by atoms with Gasteiger partial charge in [-0.3, -0.25) is 14.5 Å². The van der Waals surface area contributed by atoms with Gasteiger partial charge in [-0.05, 0) is 36.6 Å². The lowest BCUT2D eigenvalue weighted by atomic mass is 9.92. The Morgan fingerprint density at radius 1 is 1.10 bits per heavy atom. The number of hydrogen-bond donors (Lipinski definition) is 1. The summed E-state index contributed by atoms with van der Waals surface area (Å²) in [4.78, 5) is 33.5. The first-order valence-electron chi connectivity index (χ1n) is 10.7. The van der Waals surface area contributed by atoms with Gasteiger partial charge in [0.1, 0.15) is 0 Å². The van der Waals surface area contributed by atoms with Crippen molar-refractivity contribution in [2.75, 3.05) is 38.0 Å². The second-order valence-corrected chi connectivity index (χ2v) is 9.12. The van der Waals surface area contributed by atoms with Crippen LogP contribution in [0.5, 0.6) is 0 Å². The van der Waals surface area contributed by atoms with Gasteiger partial charge in [-0.15, -0.1) is 0 Å². The lowest BCUT2D eigenvalue weighted by Crippen LogP contribution is -2.49. The first kappa shape index (κ1) is 22.0. The Morgan fingerprint density at radius 3 is 2.53 bits per heavy atom. The highest BCUT2D eigenvalue weighted by Gasteiger charge is 2.23. The van der Waals surface area contributed by atoms with Crippen LogP contribution in [0.2, 0.25) is 0 Å². The van der Waals surface area contributed by atoms with Crippen LogP contribution in [0.3, 0.4) is 0 Å². The number of benzene rings is 1. The molecule has 1 aromatic carbocycles. The minimum atomic E-state index is -0.0826. The summed E-state index contributed by atoms with van der Waals surface area (Å²) in [5, 5.41) is 2.89. The summed E-state index contributed by atoms with van der Waals surface area (Å²) in [6.07, 6.45) is 6.72. The third-order valence-corrected chi connectivity index (χ3v) is 5.39. The zero-order valence-corrected chi connectivity index (χ0v) is 18.3. The number of aryl methyl sites for hydroxylation is 1. The zero-order chi connectivity index (χ0) is 21.6. The van der Waals surface area contributed by atoms with Crippen molar-refractivity contribution in [2.45, 2.75) is 40.2 Å². The van der Waals surface area contributed by atoms with Crippen molar-refractivity contribution in [1.82, 2.24) is 19.4 Å². The summed E-state index contributed by atoms with van der Waals surface area (Å²) in [5.41, 5.74) is 1.60. The third kappa shape index (κ3) is 6.69. The summed E-state index contributed by atoms with van der Waals surface area (Å²) in [5.74, 6) is -0.0549. The quantitative estimate of drug-likeness (QED) is 0.760. The molecule has 2 aromatic rings. The van der Waals surface area contributed by atoms with Gasteiger partial charge in [-0.25, -0.2) is 4.98 Å². The molecule has 2 amide bonds. The number of nitrogens with zero attached hydrogens (tertiary/aromatic N) is 4. The third-order valence-electron chi connectivity index (χ3n) is 5.39. The topological polar surface area (TPSA) is 70.5 Å². The summed E-state index contributed by atoms with van der Waals surface area (Å²) in [7, 11) is 0. The average Bonchev–Trinajstić information content (AvgIpc) is 3.24. The lowest BCUT2D eigenvalue weighted by molar-refractivity contribution is -0.116. The average molecular weight is 412 g/mol. The number of rotatable bonds is 7. The molecule has 1 aliphatic heterocycles. The predicted molar refractivity (Wildman–Crippen MR) is 118 cm³/mol. The van der Waals surface area contributed by atoms with Crippen molar-refractivity contribution in [1.29, 1.82) is 0 Å². The second kappa shape index (κ2) is 9.89. The molecule has 0 atom stereocenters. The number of carbonyl (C=O) groups is 2. The van der Waals surface area contributed by atoms with Gasteiger partial charge < -0.3 is 14.8 Å². The van der Waals surface area contributed by atoms with Crippen LogP contribution in [0.15, 0.2) is 43.0 Å². The van der Waals surface area contributed by atoms with Crippen LogP contribution in [0, 0.1) is 5.41 Å². The monoisotopic (exact) mass is 411 g/mol. The largest absolute Gasteiger partial charge is 0.337 e. The molecule has 162 valence electrons. The Hall–Kier alpha value is -2.67. The Balaban J connectivity index is 1.49. The molecule has 7 nitrogen and oxygen atoms in total. The van der Waals surface area contributed by atoms with E-state index in [1.807, 2.05) is 33.9 Å². The molecule has 1 aromatic heterocycles. The number of aromatic nitrogens is 2. The normalized spacial score (nSPS) is 15.2. The van der Waals surface area contributed by atoms with E-state index in [-0.39, 0.29) is 11.8 Å². The molecule has 1 N–H and O–H groups in total. The van der Waals surface area contributed by atoms with Crippen LogP contribution >= 0.6 is 0 Å². The van der Waals surface area contributed by atoms with Crippen LogP contribution in [-0.2, 0) is 11.3 Å². The van der Waals surface area contributed by atoms with Crippen LogP contribution in [0.4, 0.5) is 5.69 Å². The standard InChI is InChI=1S/C23H33N5O2/c1-23(2,3)8-11-26-13-15-28(16-14-26)22(30)19-5-4-6-20(17-19)25-21(29)7-10-27-12-9-24-18-27/h4-6,9,12,17-18H,7-8,10-11,13-16H2,1-3H3,(H,25,29). The van der Waals surface area contributed by atoms with E-state index in [1.54, 1.807) is 18.6 Å². The Labute approximate surface area is 179 Å². The van der Waals surface area contributed by atoms with Gasteiger partial charge in [0, 0.05) is 62.8 Å². The van der Waals surface area contributed by atoms with Crippen LogP contribution in [0.1, 0.15) is 44.0 Å². The van der Waals surface area contributed by atoms with E-state index < -0.39 is 0 Å². The molecule has 0 saturated carbocycles. The highest BCUT2D eigenvalue weighted by Crippen LogP contribution is 2.20. The molecule has 1 saturated heterocycles. The van der Waals surface area contributed by atoms with Crippen molar-refractivity contribution >= 4 is 17.5 Å². The molecule has 0 spiro atoms. The number of amides is 2. The van der Waals surface area contributed by atoms with Crippen molar-refractivity contribution in [3.63, 3.8) is 0 Å². The molecular formula is C23H33N5O2. The summed E-state index contributed by atoms with van der Waals surface area (Å²) < 4.78 is 1.86. The fourth-order valence-electron chi connectivity index (χ4n) is 3.45. The molecule has 1 aliphatic rings. The molecule has 0 radical (unpaired) electrons. The van der Waals surface area contributed by atoms with Crippen molar-refractivity contribution in [3.8, 4) is 0 Å². The predicted octanol–water partition coefficient (Wildman–Crippen LogP) is 3.11. The first-order valence-corrected chi connectivity index (χ1v) is 10.7. The van der Waals surface area contributed by atoms with Gasteiger partial charge in [-0.2, -0.15) is 0 Å². The number of hydrogen-bond acceptors (Lipinski definition) is 4. The first-order chi connectivity index (χ1) is 14.3. The minimum Gasteiger partial charge on any atom is -0.337 e. The smallest absolute Gasteiger partial charge is 0.254 e. The van der Waals surface area contributed by atoms with E-state index >= 15 is 0 Å². The Kier molecular flexibility index (Phi) is 7.26. The number of piperazine rings is 1. The number of imidazole rings is 1. The fraction of sp³-hybridized carbons (Fsp3) is 0.522. The van der Waals surface area contributed by atoms with E-state index in [9.17, 15) is 9.59 Å². The lowest BCUT2D eigenvalue weighted by Gasteiger charge is -2.36. The number of nitrogens with one attached hydrogen (secondary N) is 1. The highest BCUT2D eigenvalue weighted by molar-refractivity contribution is 5.97. The zero-order valence-electron chi connectivity index (χ0n) is 18.3. The summed E-state index contributed by atoms with van der Waals surface area (Å²) in [6.45, 7) is 11.7. The Bertz CT molecular complexity index is 834. The van der Waals surface area contributed by atoms with Gasteiger partial charge in [0.25, 0.3) is 5.91 Å². The molecule has 0 unspecified atom stereocenters. The van der Waals surface area contributed by atoms with E-state index in [1.165, 1.54) is 0 Å². The van der Waals surface area contributed by atoms with E-state index in [2.05, 4.69) is 36.0 Å². The molecule has 0 bridgehead atoms. The van der Waals surface area contributed by atoms with Crippen molar-refractivity contribution in [2.24, 2.45) is 5.41 Å². The molecular weight excluding hydrogens is 378 g/mol. The van der Waals surface area contributed by atoms with Crippen LogP contribution in [0.25, 0.3) is 0 Å². The van der Waals surface area contributed by atoms with Crippen molar-refractivity contribution in [3.05, 3.63) is 48.5 Å². The van der Waals surface area contributed by atoms with Gasteiger partial charge in [0.05, 0.1) is 6.33 Å². The molecule has 0 aliphatic carbocycles. The molecule has 1 fully saturated rings. The van der Waals surface area contributed by atoms with Crippen LogP contribution < -0.4 is 5.32 Å². The van der Waals surface area contributed by atoms with Crippen molar-refractivity contribution < 1.29 is 9.59 Å². The van der Waals surface area contributed by atoms with Gasteiger partial charge in [0.2, 0.25) is 5.91 Å². The minimum absolute atomic E-state index is 0.0278. The summed E-state index contributed by atoms with van der Waals surface area (Å²) >= 11 is 0. The SMILES string of the molecule is CC(C)(C)CCN1CCN(C(=O)c2cccc(NC(=O)CCn3ccnc3)c2)CC1. The molecule has 7 heteroatoms. The molecule has 30 heavy (non-hydrogen) atoms. The second-order valence-electron chi connectivity index (χ2n) is 9.12. The highest BCUT2D eigenvalue weighted by atomic mass is 16.2. The number of carbonyl (C=O) groups excluding carboxylic acids is 2. The fourth-order valence-corrected chi connectivity index (χ4v) is 3.45. The maximum atomic E-state index is 12.9. The van der Waals surface area contributed by atoms with Gasteiger partial charge in [0.15, 0.2) is 0 Å². The maximum absolute atomic E-state index is 12.9. The Morgan fingerprint density at radius 2 is 1.87 bits per heavy atom. The van der Waals surface area contributed by atoms with E-state index in [0.29, 0.717) is 29.6 Å². The van der Waals surface area contributed by atoms with Gasteiger partial charge >= 0.3 is 0 Å². The van der Waals surface area contributed by atoms with Gasteiger partial charge in [-0.1, -0.05) is 26.8 Å². The summed E-state index contributed by atoms with van der Waals surface area (Å²) in [6, 6.07) is 7.22.